The van der Waals surface area contributed by atoms with E-state index in [1.165, 1.54) is 19.3 Å². The maximum atomic E-state index is 11.0. The number of rotatable bonds is 1. The van der Waals surface area contributed by atoms with Crippen molar-refractivity contribution < 1.29 is 9.90 Å². The van der Waals surface area contributed by atoms with Gasteiger partial charge >= 0.3 is 5.97 Å². The van der Waals surface area contributed by atoms with E-state index in [0.29, 0.717) is 11.8 Å². The number of aliphatic carboxylic acids is 1. The molecule has 3 atom stereocenters. The topological polar surface area (TPSA) is 40.5 Å². The highest BCUT2D eigenvalue weighted by Crippen LogP contribution is 2.39. The lowest BCUT2D eigenvalue weighted by atomic mass is 9.78. The lowest BCUT2D eigenvalue weighted by Crippen LogP contribution is -2.37. The van der Waals surface area contributed by atoms with Crippen molar-refractivity contribution in [2.45, 2.75) is 31.7 Å². The zero-order chi connectivity index (χ0) is 9.42. The van der Waals surface area contributed by atoms with E-state index in [2.05, 4.69) is 0 Å². The van der Waals surface area contributed by atoms with E-state index in [9.17, 15) is 4.79 Å². The quantitative estimate of drug-likeness (QED) is 0.664. The molecule has 2 aliphatic rings. The van der Waals surface area contributed by atoms with Crippen LogP contribution in [0.15, 0.2) is 0 Å². The lowest BCUT2D eigenvalue weighted by Gasteiger charge is -2.26. The predicted molar refractivity (Wildman–Crippen MR) is 49.5 cm³/mol. The van der Waals surface area contributed by atoms with Gasteiger partial charge < -0.3 is 5.11 Å². The monoisotopic (exact) mass is 183 g/mol. The average Bonchev–Trinajstić information content (AvgIpc) is 2.39. The number of hydrogen-bond acceptors (Lipinski definition) is 2. The van der Waals surface area contributed by atoms with Crippen LogP contribution in [0.5, 0.6) is 0 Å². The van der Waals surface area contributed by atoms with Crippen LogP contribution in [0, 0.1) is 11.8 Å². The number of likely N-dealkylation sites (N-methyl/N-ethyl adjacent to an activating group) is 1. The summed E-state index contributed by atoms with van der Waals surface area (Å²) >= 11 is 0. The lowest BCUT2D eigenvalue weighted by molar-refractivity contribution is -0.143. The van der Waals surface area contributed by atoms with Crippen LogP contribution in [0.1, 0.15) is 25.7 Å². The molecule has 0 unspecified atom stereocenters. The van der Waals surface area contributed by atoms with E-state index in [-0.39, 0.29) is 6.04 Å². The van der Waals surface area contributed by atoms with Crippen LogP contribution < -0.4 is 0 Å². The van der Waals surface area contributed by atoms with Gasteiger partial charge in [-0.05, 0) is 31.7 Å². The van der Waals surface area contributed by atoms with Crippen molar-refractivity contribution in [3.8, 4) is 0 Å². The number of hydrogen-bond donors (Lipinski definition) is 1. The Morgan fingerprint density at radius 3 is 2.77 bits per heavy atom. The molecule has 0 spiro atoms. The second-order valence-electron chi connectivity index (χ2n) is 4.43. The number of fused-ring (bicyclic) bond motifs is 1. The van der Waals surface area contributed by atoms with Crippen LogP contribution >= 0.6 is 0 Å². The van der Waals surface area contributed by atoms with Gasteiger partial charge in [-0.3, -0.25) is 9.69 Å². The smallest absolute Gasteiger partial charge is 0.321 e. The van der Waals surface area contributed by atoms with Gasteiger partial charge in [0.25, 0.3) is 0 Å². The summed E-state index contributed by atoms with van der Waals surface area (Å²) in [6, 6.07) is -0.203. The second kappa shape index (κ2) is 3.29. The Bertz CT molecular complexity index is 217. The molecule has 1 aliphatic carbocycles. The van der Waals surface area contributed by atoms with E-state index in [0.717, 1.165) is 13.0 Å². The molecule has 1 heterocycles. The average molecular weight is 183 g/mol. The van der Waals surface area contributed by atoms with Crippen LogP contribution in [0.3, 0.4) is 0 Å². The van der Waals surface area contributed by atoms with E-state index < -0.39 is 5.97 Å². The summed E-state index contributed by atoms with van der Waals surface area (Å²) in [5.74, 6) is 0.452. The van der Waals surface area contributed by atoms with Crippen LogP contribution in [0.2, 0.25) is 0 Å². The Hall–Kier alpha value is -0.570. The van der Waals surface area contributed by atoms with Crippen molar-refractivity contribution in [2.75, 3.05) is 13.6 Å². The zero-order valence-electron chi connectivity index (χ0n) is 8.07. The first-order valence-electron chi connectivity index (χ1n) is 5.13. The fraction of sp³-hybridized carbons (Fsp3) is 0.900. The summed E-state index contributed by atoms with van der Waals surface area (Å²) in [6.07, 6.45) is 4.87. The highest BCUT2D eigenvalue weighted by atomic mass is 16.4. The molecular formula is C10H17NO2. The maximum absolute atomic E-state index is 11.0. The van der Waals surface area contributed by atoms with Crippen LogP contribution in [-0.4, -0.2) is 35.6 Å². The standard InChI is InChI=1S/C10H17NO2/c1-11-6-7-4-2-3-5-8(7)9(11)10(12)13/h7-9H,2-6H2,1H3,(H,12,13)/t7-,8-,9-/m0/s1. The second-order valence-corrected chi connectivity index (χ2v) is 4.43. The summed E-state index contributed by atoms with van der Waals surface area (Å²) in [4.78, 5) is 13.0. The summed E-state index contributed by atoms with van der Waals surface area (Å²) in [7, 11) is 1.94. The number of nitrogens with zero attached hydrogens (tertiary/aromatic N) is 1. The molecule has 13 heavy (non-hydrogen) atoms. The number of carbonyl (C=O) groups is 1. The van der Waals surface area contributed by atoms with Crippen molar-refractivity contribution in [3.63, 3.8) is 0 Å². The number of carboxylic acids is 1. The molecule has 3 nitrogen and oxygen atoms in total. The van der Waals surface area contributed by atoms with Gasteiger partial charge in [-0.2, -0.15) is 0 Å². The summed E-state index contributed by atoms with van der Waals surface area (Å²) in [5.41, 5.74) is 0. The van der Waals surface area contributed by atoms with Crippen molar-refractivity contribution in [1.29, 1.82) is 0 Å². The minimum atomic E-state index is -0.628. The van der Waals surface area contributed by atoms with Crippen LogP contribution in [0.4, 0.5) is 0 Å². The fourth-order valence-electron chi connectivity index (χ4n) is 3.06. The van der Waals surface area contributed by atoms with Gasteiger partial charge in [-0.25, -0.2) is 0 Å². The van der Waals surface area contributed by atoms with Gasteiger partial charge in [0, 0.05) is 6.54 Å². The molecule has 1 saturated heterocycles. The summed E-state index contributed by atoms with van der Waals surface area (Å²) in [6.45, 7) is 0.988. The molecule has 1 saturated carbocycles. The SMILES string of the molecule is CN1C[C@@H]2CCCC[C@@H]2[C@H]1C(=O)O. The molecule has 0 aromatic heterocycles. The van der Waals surface area contributed by atoms with E-state index >= 15 is 0 Å². The van der Waals surface area contributed by atoms with E-state index in [1.807, 2.05) is 11.9 Å². The molecule has 1 N–H and O–H groups in total. The third-order valence-electron chi connectivity index (χ3n) is 3.62. The zero-order valence-corrected chi connectivity index (χ0v) is 8.07. The maximum Gasteiger partial charge on any atom is 0.321 e. The van der Waals surface area contributed by atoms with Crippen molar-refractivity contribution in [2.24, 2.45) is 11.8 Å². The largest absolute Gasteiger partial charge is 0.480 e. The van der Waals surface area contributed by atoms with Gasteiger partial charge in [0.2, 0.25) is 0 Å². The minimum absolute atomic E-state index is 0.203. The third kappa shape index (κ3) is 1.46. The molecule has 0 bridgehead atoms. The van der Waals surface area contributed by atoms with Gasteiger partial charge in [0.05, 0.1) is 0 Å². The van der Waals surface area contributed by atoms with Gasteiger partial charge in [-0.1, -0.05) is 12.8 Å². The molecule has 74 valence electrons. The van der Waals surface area contributed by atoms with Crippen LogP contribution in [-0.2, 0) is 4.79 Å². The minimum Gasteiger partial charge on any atom is -0.480 e. The normalized spacial score (nSPS) is 40.2. The van der Waals surface area contributed by atoms with Gasteiger partial charge in [0.1, 0.15) is 6.04 Å². The molecule has 0 aromatic rings. The first-order valence-corrected chi connectivity index (χ1v) is 5.13. The third-order valence-corrected chi connectivity index (χ3v) is 3.62. The summed E-state index contributed by atoms with van der Waals surface area (Å²) in [5, 5.41) is 9.08. The predicted octanol–water partition coefficient (Wildman–Crippen LogP) is 1.19. The Labute approximate surface area is 78.7 Å². The van der Waals surface area contributed by atoms with Gasteiger partial charge in [-0.15, -0.1) is 0 Å². The first-order chi connectivity index (χ1) is 6.20. The van der Waals surface area contributed by atoms with Crippen LogP contribution in [0.25, 0.3) is 0 Å². The Kier molecular flexibility index (Phi) is 2.28. The van der Waals surface area contributed by atoms with Gasteiger partial charge in [0.15, 0.2) is 0 Å². The Morgan fingerprint density at radius 2 is 2.08 bits per heavy atom. The molecule has 1 aliphatic heterocycles. The van der Waals surface area contributed by atoms with Crippen molar-refractivity contribution in [1.82, 2.24) is 4.90 Å². The molecule has 0 aromatic carbocycles. The number of carboxylic acid groups (broad SMARTS) is 1. The molecular weight excluding hydrogens is 166 g/mol. The first kappa shape index (κ1) is 9.00. The highest BCUT2D eigenvalue weighted by molar-refractivity contribution is 5.74. The Balaban J connectivity index is 2.13. The van der Waals surface area contributed by atoms with Crippen molar-refractivity contribution in [3.05, 3.63) is 0 Å². The molecule has 0 amide bonds. The number of likely N-dealkylation sites (tertiary alicyclic amines) is 1. The highest BCUT2D eigenvalue weighted by Gasteiger charge is 2.44. The molecule has 2 fully saturated rings. The molecule has 3 heteroatoms. The van der Waals surface area contributed by atoms with E-state index in [4.69, 9.17) is 5.11 Å². The fourth-order valence-corrected chi connectivity index (χ4v) is 3.06. The molecule has 0 radical (unpaired) electrons. The van der Waals surface area contributed by atoms with Crippen molar-refractivity contribution >= 4 is 5.97 Å². The Morgan fingerprint density at radius 1 is 1.38 bits per heavy atom. The molecule has 2 rings (SSSR count). The summed E-state index contributed by atoms with van der Waals surface area (Å²) < 4.78 is 0. The van der Waals surface area contributed by atoms with E-state index in [1.54, 1.807) is 0 Å².